The van der Waals surface area contributed by atoms with Gasteiger partial charge in [0.1, 0.15) is 0 Å². The van der Waals surface area contributed by atoms with Crippen LogP contribution in [0.1, 0.15) is 36.5 Å². The lowest BCUT2D eigenvalue weighted by molar-refractivity contribution is 0.0940. The fourth-order valence-electron chi connectivity index (χ4n) is 2.53. The molecule has 0 heterocycles. The van der Waals surface area contributed by atoms with Gasteiger partial charge >= 0.3 is 0 Å². The smallest absolute Gasteiger partial charge is 0.255 e. The zero-order chi connectivity index (χ0) is 13.8. The number of thioether (sulfide) groups is 1. The summed E-state index contributed by atoms with van der Waals surface area (Å²) in [5.41, 5.74) is 6.67. The molecule has 1 aliphatic rings. The molecule has 1 amide bonds. The number of nitrogens with one attached hydrogen (secondary N) is 1. The van der Waals surface area contributed by atoms with Gasteiger partial charge in [0.25, 0.3) is 5.91 Å². The Bertz CT molecular complexity index is 447. The third-order valence-corrected chi connectivity index (χ3v) is 5.06. The molecule has 0 spiro atoms. The Morgan fingerprint density at radius 3 is 3.00 bits per heavy atom. The van der Waals surface area contributed by atoms with Crippen molar-refractivity contribution in [3.05, 3.63) is 28.8 Å². The van der Waals surface area contributed by atoms with Crippen LogP contribution < -0.4 is 11.1 Å². The maximum Gasteiger partial charge on any atom is 0.255 e. The van der Waals surface area contributed by atoms with E-state index in [9.17, 15) is 4.79 Å². The van der Waals surface area contributed by atoms with Gasteiger partial charge in [0, 0.05) is 17.0 Å². The molecular formula is C14H19ClN2OS. The van der Waals surface area contributed by atoms with Gasteiger partial charge < -0.3 is 11.1 Å². The minimum Gasteiger partial charge on any atom is -0.398 e. The number of anilines is 1. The van der Waals surface area contributed by atoms with Crippen LogP contribution in [0.5, 0.6) is 0 Å². The number of rotatable bonds is 4. The van der Waals surface area contributed by atoms with Crippen LogP contribution in [-0.4, -0.2) is 23.0 Å². The number of hydrogen-bond acceptors (Lipinski definition) is 3. The van der Waals surface area contributed by atoms with Gasteiger partial charge in [-0.15, -0.1) is 0 Å². The van der Waals surface area contributed by atoms with Crippen LogP contribution in [0.25, 0.3) is 0 Å². The summed E-state index contributed by atoms with van der Waals surface area (Å²) >= 11 is 7.97. The van der Waals surface area contributed by atoms with Gasteiger partial charge in [-0.05, 0) is 30.7 Å². The topological polar surface area (TPSA) is 55.1 Å². The molecule has 104 valence electrons. The van der Waals surface area contributed by atoms with Gasteiger partial charge in [0.15, 0.2) is 0 Å². The fraction of sp³-hybridized carbons (Fsp3) is 0.500. The molecule has 0 aromatic heterocycles. The van der Waals surface area contributed by atoms with Crippen LogP contribution in [-0.2, 0) is 0 Å². The first-order chi connectivity index (χ1) is 9.13. The molecular weight excluding hydrogens is 280 g/mol. The Kier molecular flexibility index (Phi) is 4.99. The summed E-state index contributed by atoms with van der Waals surface area (Å²) in [7, 11) is 0. The molecule has 5 heteroatoms. The predicted octanol–water partition coefficient (Wildman–Crippen LogP) is 3.33. The summed E-state index contributed by atoms with van der Waals surface area (Å²) < 4.78 is 0. The molecule has 1 aromatic rings. The summed E-state index contributed by atoms with van der Waals surface area (Å²) in [6, 6.07) is 5.38. The first kappa shape index (κ1) is 14.5. The molecule has 2 unspecified atom stereocenters. The second-order valence-corrected chi connectivity index (χ2v) is 6.63. The standard InChI is InChI=1S/C14H19ClN2OS/c1-2-19-12-8-4-7-11(12)17-14(18)13-9(15)5-3-6-10(13)16/h3,5-6,11-12H,2,4,7-8,16H2,1H3,(H,17,18). The van der Waals surface area contributed by atoms with E-state index in [-0.39, 0.29) is 11.9 Å². The maximum absolute atomic E-state index is 12.3. The van der Waals surface area contributed by atoms with Crippen molar-refractivity contribution < 1.29 is 4.79 Å². The Morgan fingerprint density at radius 1 is 1.53 bits per heavy atom. The van der Waals surface area contributed by atoms with Crippen molar-refractivity contribution in [1.82, 2.24) is 5.32 Å². The summed E-state index contributed by atoms with van der Waals surface area (Å²) in [5.74, 6) is 0.919. The molecule has 0 radical (unpaired) electrons. The monoisotopic (exact) mass is 298 g/mol. The van der Waals surface area contributed by atoms with Gasteiger partial charge in [-0.25, -0.2) is 0 Å². The third-order valence-electron chi connectivity index (χ3n) is 3.42. The van der Waals surface area contributed by atoms with Crippen LogP contribution in [0.2, 0.25) is 5.02 Å². The van der Waals surface area contributed by atoms with Crippen molar-refractivity contribution in [1.29, 1.82) is 0 Å². The largest absolute Gasteiger partial charge is 0.398 e. The van der Waals surface area contributed by atoms with E-state index < -0.39 is 0 Å². The van der Waals surface area contributed by atoms with Gasteiger partial charge in [-0.2, -0.15) is 11.8 Å². The van der Waals surface area contributed by atoms with Crippen LogP contribution >= 0.6 is 23.4 Å². The van der Waals surface area contributed by atoms with E-state index in [1.165, 1.54) is 12.8 Å². The molecule has 19 heavy (non-hydrogen) atoms. The van der Waals surface area contributed by atoms with Crippen molar-refractivity contribution >= 4 is 35.0 Å². The minimum atomic E-state index is -0.156. The number of amides is 1. The van der Waals surface area contributed by atoms with E-state index in [0.717, 1.165) is 12.2 Å². The molecule has 1 saturated carbocycles. The van der Waals surface area contributed by atoms with Crippen LogP contribution in [0.4, 0.5) is 5.69 Å². The van der Waals surface area contributed by atoms with Crippen molar-refractivity contribution in [3.63, 3.8) is 0 Å². The SMILES string of the molecule is CCSC1CCCC1NC(=O)c1c(N)cccc1Cl. The first-order valence-corrected chi connectivity index (χ1v) is 8.02. The minimum absolute atomic E-state index is 0.156. The molecule has 0 saturated heterocycles. The second kappa shape index (κ2) is 6.53. The number of carbonyl (C=O) groups excluding carboxylic acids is 1. The number of nitrogens with two attached hydrogens (primary N) is 1. The highest BCUT2D eigenvalue weighted by Gasteiger charge is 2.29. The summed E-state index contributed by atoms with van der Waals surface area (Å²) in [6.07, 6.45) is 3.37. The van der Waals surface area contributed by atoms with Gasteiger partial charge in [-0.3, -0.25) is 4.79 Å². The van der Waals surface area contributed by atoms with Crippen LogP contribution in [0, 0.1) is 0 Å². The molecule has 1 fully saturated rings. The van der Waals surface area contributed by atoms with Crippen molar-refractivity contribution in [2.24, 2.45) is 0 Å². The van der Waals surface area contributed by atoms with Gasteiger partial charge in [0.2, 0.25) is 0 Å². The van der Waals surface area contributed by atoms with Crippen LogP contribution in [0.15, 0.2) is 18.2 Å². The molecule has 1 aliphatic carbocycles. The van der Waals surface area contributed by atoms with E-state index in [1.807, 2.05) is 11.8 Å². The van der Waals surface area contributed by atoms with E-state index >= 15 is 0 Å². The zero-order valence-electron chi connectivity index (χ0n) is 11.0. The highest BCUT2D eigenvalue weighted by atomic mass is 35.5. The summed E-state index contributed by atoms with van der Waals surface area (Å²) in [5, 5.41) is 4.01. The number of hydrogen-bond donors (Lipinski definition) is 2. The van der Waals surface area contributed by atoms with E-state index in [4.69, 9.17) is 17.3 Å². The molecule has 3 nitrogen and oxygen atoms in total. The summed E-state index contributed by atoms with van der Waals surface area (Å²) in [4.78, 5) is 12.3. The number of halogens is 1. The average Bonchev–Trinajstić information content (AvgIpc) is 2.77. The predicted molar refractivity (Wildman–Crippen MR) is 82.9 cm³/mol. The highest BCUT2D eigenvalue weighted by Crippen LogP contribution is 2.30. The molecule has 2 atom stereocenters. The fourth-order valence-corrected chi connectivity index (χ4v) is 3.99. The Balaban J connectivity index is 2.08. The van der Waals surface area contributed by atoms with E-state index in [2.05, 4.69) is 12.2 Å². The third kappa shape index (κ3) is 3.37. The lowest BCUT2D eigenvalue weighted by Crippen LogP contribution is -2.39. The van der Waals surface area contributed by atoms with Crippen LogP contribution in [0.3, 0.4) is 0 Å². The number of carbonyl (C=O) groups is 1. The summed E-state index contributed by atoms with van der Waals surface area (Å²) in [6.45, 7) is 2.15. The van der Waals surface area contributed by atoms with Crippen molar-refractivity contribution in [2.45, 2.75) is 37.5 Å². The Hall–Kier alpha value is -0.870. The van der Waals surface area contributed by atoms with E-state index in [1.54, 1.807) is 18.2 Å². The Morgan fingerprint density at radius 2 is 2.32 bits per heavy atom. The maximum atomic E-state index is 12.3. The molecule has 3 N–H and O–H groups in total. The van der Waals surface area contributed by atoms with Gasteiger partial charge in [-0.1, -0.05) is 31.0 Å². The first-order valence-electron chi connectivity index (χ1n) is 6.60. The molecule has 2 rings (SSSR count). The molecule has 0 bridgehead atoms. The highest BCUT2D eigenvalue weighted by molar-refractivity contribution is 7.99. The quantitative estimate of drug-likeness (QED) is 0.838. The van der Waals surface area contributed by atoms with Crippen molar-refractivity contribution in [2.75, 3.05) is 11.5 Å². The van der Waals surface area contributed by atoms with Gasteiger partial charge in [0.05, 0.1) is 10.6 Å². The molecule has 0 aliphatic heterocycles. The Labute approximate surface area is 123 Å². The lowest BCUT2D eigenvalue weighted by atomic mass is 10.1. The van der Waals surface area contributed by atoms with Crippen molar-refractivity contribution in [3.8, 4) is 0 Å². The van der Waals surface area contributed by atoms with E-state index in [0.29, 0.717) is 21.5 Å². The normalized spacial score (nSPS) is 22.4. The number of benzene rings is 1. The molecule has 1 aromatic carbocycles. The second-order valence-electron chi connectivity index (χ2n) is 4.71. The number of nitrogen functional groups attached to an aromatic ring is 1. The zero-order valence-corrected chi connectivity index (χ0v) is 12.6. The average molecular weight is 299 g/mol. The lowest BCUT2D eigenvalue weighted by Gasteiger charge is -2.20.